The number of benzene rings is 2. The average Bonchev–Trinajstić information content (AvgIpc) is 3.11. The van der Waals surface area contributed by atoms with Crippen LogP contribution in [0.3, 0.4) is 0 Å². The van der Waals surface area contributed by atoms with Gasteiger partial charge in [0.05, 0.1) is 0 Å². The van der Waals surface area contributed by atoms with E-state index >= 15 is 0 Å². The van der Waals surface area contributed by atoms with Crippen molar-refractivity contribution in [3.8, 4) is 11.5 Å². The van der Waals surface area contributed by atoms with Crippen LogP contribution in [0.2, 0.25) is 0 Å². The first-order valence-electron chi connectivity index (χ1n) is 22.1. The van der Waals surface area contributed by atoms with Crippen LogP contribution in [-0.2, 0) is 25.7 Å². The van der Waals surface area contributed by atoms with Gasteiger partial charge in [0.25, 0.3) is 0 Å². The van der Waals surface area contributed by atoms with Crippen molar-refractivity contribution in [3.05, 3.63) is 57.6 Å². The second-order valence-corrected chi connectivity index (χ2v) is 16.0. The van der Waals surface area contributed by atoms with E-state index in [1.807, 2.05) is 13.8 Å². The first kappa shape index (κ1) is 44.2. The van der Waals surface area contributed by atoms with Crippen molar-refractivity contribution in [2.75, 3.05) is 0 Å². The Hall–Kier alpha value is -1.96. The van der Waals surface area contributed by atoms with Gasteiger partial charge >= 0.3 is 0 Å². The summed E-state index contributed by atoms with van der Waals surface area (Å²) < 4.78 is 0. The molecule has 2 rings (SSSR count). The average molecular weight is 691 g/mol. The first-order valence-corrected chi connectivity index (χ1v) is 22.1. The van der Waals surface area contributed by atoms with Gasteiger partial charge < -0.3 is 10.2 Å². The summed E-state index contributed by atoms with van der Waals surface area (Å²) in [5, 5.41) is 21.6. The van der Waals surface area contributed by atoms with Gasteiger partial charge in [-0.25, -0.2) is 0 Å². The van der Waals surface area contributed by atoms with Crippen molar-refractivity contribution in [3.63, 3.8) is 0 Å². The third kappa shape index (κ3) is 20.8. The number of hydrogen-bond donors (Lipinski definition) is 2. The second-order valence-electron chi connectivity index (χ2n) is 16.0. The second kappa shape index (κ2) is 29.6. The molecule has 0 unspecified atom stereocenters. The molecule has 0 bridgehead atoms. The van der Waals surface area contributed by atoms with Crippen molar-refractivity contribution in [1.82, 2.24) is 0 Å². The van der Waals surface area contributed by atoms with Crippen molar-refractivity contribution in [2.45, 2.75) is 233 Å². The third-order valence-electron chi connectivity index (χ3n) is 11.2. The Labute approximate surface area is 311 Å². The number of hydrogen-bond acceptors (Lipinski definition) is 2. The molecule has 0 aliphatic rings. The van der Waals surface area contributed by atoms with Crippen LogP contribution in [0.1, 0.15) is 227 Å². The van der Waals surface area contributed by atoms with Gasteiger partial charge in [0.15, 0.2) is 0 Å². The lowest BCUT2D eigenvalue weighted by atomic mass is 9.94. The molecule has 0 aliphatic carbocycles. The molecular weight excluding hydrogens is 609 g/mol. The van der Waals surface area contributed by atoms with Crippen LogP contribution >= 0.6 is 0 Å². The van der Waals surface area contributed by atoms with E-state index in [1.54, 1.807) is 0 Å². The summed E-state index contributed by atoms with van der Waals surface area (Å²) >= 11 is 0. The Bertz CT molecular complexity index is 1010. The van der Waals surface area contributed by atoms with E-state index in [2.05, 4.69) is 38.1 Å². The summed E-state index contributed by atoms with van der Waals surface area (Å²) in [6.07, 6.45) is 42.3. The lowest BCUT2D eigenvalue weighted by molar-refractivity contribution is 0.460. The minimum absolute atomic E-state index is 0.499. The highest BCUT2D eigenvalue weighted by atomic mass is 16.3. The van der Waals surface area contributed by atoms with Crippen molar-refractivity contribution < 1.29 is 10.2 Å². The van der Waals surface area contributed by atoms with Gasteiger partial charge in [-0.3, -0.25) is 0 Å². The largest absolute Gasteiger partial charge is 0.507 e. The van der Waals surface area contributed by atoms with Gasteiger partial charge in [-0.1, -0.05) is 205 Å². The van der Waals surface area contributed by atoms with Gasteiger partial charge in [-0.05, 0) is 85.8 Å². The summed E-state index contributed by atoms with van der Waals surface area (Å²) in [6, 6.07) is 8.86. The van der Waals surface area contributed by atoms with Crippen LogP contribution in [-0.4, -0.2) is 10.2 Å². The summed E-state index contributed by atoms with van der Waals surface area (Å²) in [5.41, 5.74) is 6.89. The summed E-state index contributed by atoms with van der Waals surface area (Å²) in [5.74, 6) is 0.999. The molecule has 0 atom stereocenters. The van der Waals surface area contributed by atoms with Crippen molar-refractivity contribution in [1.29, 1.82) is 0 Å². The molecule has 2 nitrogen and oxygen atoms in total. The minimum atomic E-state index is 0.499. The summed E-state index contributed by atoms with van der Waals surface area (Å²) in [7, 11) is 0. The number of phenolic OH excluding ortho intramolecular Hbond substituents is 2. The number of rotatable bonds is 33. The molecule has 0 saturated heterocycles. The molecule has 2 N–H and O–H groups in total. The SMILES string of the molecule is CCCCCCCCCCCCCCCCc1cc(CCc2cc(C)c(O)c(CCCCCCCCCCCCCCCC)c2)cc(C)c1O. The Morgan fingerprint density at radius 3 is 0.820 bits per heavy atom. The quantitative estimate of drug-likeness (QED) is 0.0732. The molecule has 0 spiro atoms. The highest BCUT2D eigenvalue weighted by Crippen LogP contribution is 2.29. The number of phenols is 2. The lowest BCUT2D eigenvalue weighted by Crippen LogP contribution is -1.98. The van der Waals surface area contributed by atoms with Crippen LogP contribution in [0.5, 0.6) is 11.5 Å². The van der Waals surface area contributed by atoms with Gasteiger partial charge in [0.2, 0.25) is 0 Å². The number of aryl methyl sites for hydroxylation is 6. The first-order chi connectivity index (χ1) is 24.5. The van der Waals surface area contributed by atoms with Crippen LogP contribution in [0.25, 0.3) is 0 Å². The van der Waals surface area contributed by atoms with Gasteiger partial charge in [0, 0.05) is 0 Å². The van der Waals surface area contributed by atoms with Crippen molar-refractivity contribution >= 4 is 0 Å². The van der Waals surface area contributed by atoms with Gasteiger partial charge in [-0.2, -0.15) is 0 Å². The Morgan fingerprint density at radius 1 is 0.320 bits per heavy atom. The zero-order valence-electron chi connectivity index (χ0n) is 33.8. The molecule has 2 aromatic carbocycles. The standard InChI is InChI=1S/C48H82O2/c1-5-7-9-11-13-15-17-19-21-23-25-27-29-31-33-45-39-43(37-41(3)47(45)49)35-36-44-38-42(4)48(50)46(40-44)34-32-30-28-26-24-22-20-18-16-14-12-10-8-6-2/h37-40,49-50H,5-36H2,1-4H3. The van der Waals surface area contributed by atoms with Crippen LogP contribution in [0, 0.1) is 13.8 Å². The maximum atomic E-state index is 10.8. The molecule has 2 heteroatoms. The molecule has 0 fully saturated rings. The fourth-order valence-electron chi connectivity index (χ4n) is 7.85. The molecule has 286 valence electrons. The Balaban J connectivity index is 1.63. The van der Waals surface area contributed by atoms with E-state index < -0.39 is 0 Å². The molecular formula is C48H82O2. The molecule has 0 amide bonds. The molecule has 0 heterocycles. The fourth-order valence-corrected chi connectivity index (χ4v) is 7.85. The number of unbranched alkanes of at least 4 members (excludes halogenated alkanes) is 26. The monoisotopic (exact) mass is 691 g/mol. The van der Waals surface area contributed by atoms with E-state index in [9.17, 15) is 10.2 Å². The maximum absolute atomic E-state index is 10.8. The highest BCUT2D eigenvalue weighted by molar-refractivity contribution is 5.45. The maximum Gasteiger partial charge on any atom is 0.121 e. The summed E-state index contributed by atoms with van der Waals surface area (Å²) in [6.45, 7) is 8.68. The van der Waals surface area contributed by atoms with Crippen LogP contribution in [0.15, 0.2) is 24.3 Å². The van der Waals surface area contributed by atoms with Crippen molar-refractivity contribution in [2.24, 2.45) is 0 Å². The molecule has 0 saturated carbocycles. The van der Waals surface area contributed by atoms with Gasteiger partial charge in [-0.15, -0.1) is 0 Å². The topological polar surface area (TPSA) is 40.5 Å². The third-order valence-corrected chi connectivity index (χ3v) is 11.2. The molecule has 0 radical (unpaired) electrons. The van der Waals surface area contributed by atoms with E-state index in [1.165, 1.54) is 178 Å². The van der Waals surface area contributed by atoms with E-state index in [0.717, 1.165) is 60.8 Å². The normalized spacial score (nSPS) is 11.5. The van der Waals surface area contributed by atoms with E-state index in [4.69, 9.17) is 0 Å². The van der Waals surface area contributed by atoms with Crippen LogP contribution < -0.4 is 0 Å². The van der Waals surface area contributed by atoms with E-state index in [-0.39, 0.29) is 0 Å². The smallest absolute Gasteiger partial charge is 0.121 e. The fraction of sp³-hybridized carbons (Fsp3) is 0.750. The molecule has 2 aromatic rings. The predicted molar refractivity (Wildman–Crippen MR) is 221 cm³/mol. The zero-order valence-corrected chi connectivity index (χ0v) is 33.8. The van der Waals surface area contributed by atoms with E-state index in [0.29, 0.717) is 11.5 Å². The predicted octanol–water partition coefficient (Wildman–Crippen LogP) is 15.5. The molecule has 50 heavy (non-hydrogen) atoms. The molecule has 0 aliphatic heterocycles. The van der Waals surface area contributed by atoms with Gasteiger partial charge in [0.1, 0.15) is 11.5 Å². The number of aromatic hydroxyl groups is 2. The lowest BCUT2D eigenvalue weighted by Gasteiger charge is -2.13. The summed E-state index contributed by atoms with van der Waals surface area (Å²) in [4.78, 5) is 0. The van der Waals surface area contributed by atoms with Crippen LogP contribution in [0.4, 0.5) is 0 Å². The Kier molecular flexibility index (Phi) is 26.2. The minimum Gasteiger partial charge on any atom is -0.507 e. The Morgan fingerprint density at radius 2 is 0.560 bits per heavy atom. The zero-order chi connectivity index (χ0) is 36.1. The highest BCUT2D eigenvalue weighted by Gasteiger charge is 2.11. The molecule has 0 aromatic heterocycles.